The van der Waals surface area contributed by atoms with Gasteiger partial charge in [-0.3, -0.25) is 9.10 Å². The van der Waals surface area contributed by atoms with Gasteiger partial charge >= 0.3 is 0 Å². The number of nitrogens with zero attached hydrogens (tertiary/aromatic N) is 1. The maximum Gasteiger partial charge on any atom is 0.261 e. The van der Waals surface area contributed by atoms with Gasteiger partial charge in [0.1, 0.15) is 0 Å². The van der Waals surface area contributed by atoms with Gasteiger partial charge in [0.15, 0.2) is 0 Å². The van der Waals surface area contributed by atoms with E-state index in [9.17, 15) is 13.2 Å². The average Bonchev–Trinajstić information content (AvgIpc) is 3.10. The zero-order chi connectivity index (χ0) is 21.2. The van der Waals surface area contributed by atoms with Crippen LogP contribution in [0.15, 0.2) is 48.5 Å². The molecule has 0 saturated carbocycles. The Hall–Kier alpha value is -2.38. The highest BCUT2D eigenvalue weighted by Gasteiger charge is 2.19. The van der Waals surface area contributed by atoms with Crippen molar-refractivity contribution in [1.29, 1.82) is 0 Å². The molecule has 0 aliphatic heterocycles. The third kappa shape index (κ3) is 5.16. The molecule has 3 aromatic rings. The molecule has 154 valence electrons. The quantitative estimate of drug-likeness (QED) is 0.591. The van der Waals surface area contributed by atoms with Crippen LogP contribution in [0.3, 0.4) is 0 Å². The van der Waals surface area contributed by atoms with Crippen molar-refractivity contribution in [3.8, 4) is 0 Å². The number of thiophene rings is 1. The van der Waals surface area contributed by atoms with Crippen molar-refractivity contribution in [2.24, 2.45) is 0 Å². The minimum Gasteiger partial charge on any atom is -0.349 e. The number of amides is 1. The smallest absolute Gasteiger partial charge is 0.261 e. The number of hydrogen-bond acceptors (Lipinski definition) is 4. The molecule has 0 aliphatic rings. The van der Waals surface area contributed by atoms with E-state index in [2.05, 4.69) is 5.32 Å². The zero-order valence-electron chi connectivity index (χ0n) is 17.1. The van der Waals surface area contributed by atoms with E-state index in [1.54, 1.807) is 6.07 Å². The predicted octanol–water partition coefficient (Wildman–Crippen LogP) is 4.70. The summed E-state index contributed by atoms with van der Waals surface area (Å²) in [7, 11) is -3.47. The van der Waals surface area contributed by atoms with Gasteiger partial charge in [-0.2, -0.15) is 0 Å². The summed E-state index contributed by atoms with van der Waals surface area (Å²) in [6.45, 7) is 6.25. The van der Waals surface area contributed by atoms with Crippen molar-refractivity contribution < 1.29 is 13.2 Å². The topological polar surface area (TPSA) is 66.5 Å². The largest absolute Gasteiger partial charge is 0.349 e. The average molecular weight is 431 g/mol. The molecular weight excluding hydrogens is 404 g/mol. The fourth-order valence-corrected chi connectivity index (χ4v) is 4.78. The first kappa shape index (κ1) is 21.3. The molecule has 0 fully saturated rings. The monoisotopic (exact) mass is 430 g/mol. The fraction of sp³-hybridized carbons (Fsp3) is 0.318. The molecule has 7 heteroatoms. The standard InChI is InChI=1S/C22H26N2O3S2/c1-5-16(3)23-22(25)21-13-18-12-19(10-11-20(18)28-21)24(29(4,26)27)14-17-8-6-15(2)7-9-17/h6-13,16H,5,14H2,1-4H3,(H,23,25). The summed E-state index contributed by atoms with van der Waals surface area (Å²) >= 11 is 1.41. The zero-order valence-corrected chi connectivity index (χ0v) is 18.7. The summed E-state index contributed by atoms with van der Waals surface area (Å²) < 4.78 is 27.3. The lowest BCUT2D eigenvalue weighted by molar-refractivity contribution is 0.0943. The third-order valence-electron chi connectivity index (χ3n) is 4.85. The minimum absolute atomic E-state index is 0.0956. The van der Waals surface area contributed by atoms with Crippen LogP contribution in [0.5, 0.6) is 0 Å². The molecule has 0 spiro atoms. The van der Waals surface area contributed by atoms with Crippen LogP contribution in [0.2, 0.25) is 0 Å². The van der Waals surface area contributed by atoms with Crippen molar-refractivity contribution in [2.45, 2.75) is 39.8 Å². The van der Waals surface area contributed by atoms with Gasteiger partial charge in [0.25, 0.3) is 5.91 Å². The molecule has 0 saturated heterocycles. The summed E-state index contributed by atoms with van der Waals surface area (Å²) in [4.78, 5) is 13.1. The number of benzene rings is 2. The van der Waals surface area contributed by atoms with Gasteiger partial charge in [-0.15, -0.1) is 11.3 Å². The van der Waals surface area contributed by atoms with E-state index < -0.39 is 10.0 Å². The van der Waals surface area contributed by atoms with Crippen LogP contribution >= 0.6 is 11.3 Å². The van der Waals surface area contributed by atoms with Gasteiger partial charge in [-0.05, 0) is 55.5 Å². The Morgan fingerprint density at radius 2 is 1.83 bits per heavy atom. The molecule has 29 heavy (non-hydrogen) atoms. The lowest BCUT2D eigenvalue weighted by Crippen LogP contribution is -2.31. The van der Waals surface area contributed by atoms with E-state index in [0.717, 1.165) is 27.6 Å². The molecule has 3 rings (SSSR count). The molecule has 1 unspecified atom stereocenters. The highest BCUT2D eigenvalue weighted by atomic mass is 32.2. The molecular formula is C22H26N2O3S2. The minimum atomic E-state index is -3.47. The fourth-order valence-electron chi connectivity index (χ4n) is 2.95. The van der Waals surface area contributed by atoms with Gasteiger partial charge in [-0.1, -0.05) is 36.8 Å². The van der Waals surface area contributed by atoms with E-state index >= 15 is 0 Å². The van der Waals surface area contributed by atoms with Gasteiger partial charge in [-0.25, -0.2) is 8.42 Å². The Bertz CT molecular complexity index is 1120. The van der Waals surface area contributed by atoms with E-state index in [1.807, 2.05) is 63.2 Å². The van der Waals surface area contributed by atoms with Crippen LogP contribution in [0.4, 0.5) is 5.69 Å². The lowest BCUT2D eigenvalue weighted by atomic mass is 10.1. The Labute approximate surface area is 176 Å². The van der Waals surface area contributed by atoms with E-state index in [0.29, 0.717) is 10.6 Å². The molecule has 0 radical (unpaired) electrons. The molecule has 0 aliphatic carbocycles. The number of sulfonamides is 1. The van der Waals surface area contributed by atoms with Crippen LogP contribution in [0.1, 0.15) is 41.1 Å². The van der Waals surface area contributed by atoms with Crippen LogP contribution in [0, 0.1) is 6.92 Å². The summed E-state index contributed by atoms with van der Waals surface area (Å²) in [5, 5.41) is 3.83. The van der Waals surface area contributed by atoms with Crippen LogP contribution in [0.25, 0.3) is 10.1 Å². The number of hydrogen-bond donors (Lipinski definition) is 1. The summed E-state index contributed by atoms with van der Waals surface area (Å²) in [5.41, 5.74) is 2.63. The Kier molecular flexibility index (Phi) is 6.29. The second kappa shape index (κ2) is 8.55. The summed E-state index contributed by atoms with van der Waals surface area (Å²) in [5.74, 6) is -0.0956. The molecule has 1 amide bonds. The lowest BCUT2D eigenvalue weighted by Gasteiger charge is -2.22. The van der Waals surface area contributed by atoms with Crippen molar-refractivity contribution in [1.82, 2.24) is 5.32 Å². The van der Waals surface area contributed by atoms with Crippen LogP contribution in [-0.2, 0) is 16.6 Å². The second-order valence-electron chi connectivity index (χ2n) is 7.37. The number of carbonyl (C=O) groups excluding carboxylic acids is 1. The maximum absolute atomic E-state index is 12.5. The summed E-state index contributed by atoms with van der Waals surface area (Å²) in [6, 6.07) is 15.3. The van der Waals surface area contributed by atoms with Crippen LogP contribution < -0.4 is 9.62 Å². The number of nitrogens with one attached hydrogen (secondary N) is 1. The highest BCUT2D eigenvalue weighted by molar-refractivity contribution is 7.92. The van der Waals surface area contributed by atoms with Gasteiger partial charge in [0, 0.05) is 10.7 Å². The normalized spacial score (nSPS) is 12.7. The molecule has 5 nitrogen and oxygen atoms in total. The van der Waals surface area contributed by atoms with Gasteiger partial charge in [0.2, 0.25) is 10.0 Å². The Morgan fingerprint density at radius 3 is 2.45 bits per heavy atom. The third-order valence-corrected chi connectivity index (χ3v) is 7.10. The number of carbonyl (C=O) groups is 1. The highest BCUT2D eigenvalue weighted by Crippen LogP contribution is 2.31. The number of aryl methyl sites for hydroxylation is 1. The Morgan fingerprint density at radius 1 is 1.14 bits per heavy atom. The molecule has 1 heterocycles. The maximum atomic E-state index is 12.5. The van der Waals surface area contributed by atoms with E-state index in [1.165, 1.54) is 21.9 Å². The van der Waals surface area contributed by atoms with Crippen molar-refractivity contribution in [2.75, 3.05) is 10.6 Å². The van der Waals surface area contributed by atoms with Crippen molar-refractivity contribution >= 4 is 43.0 Å². The van der Waals surface area contributed by atoms with Crippen LogP contribution in [-0.4, -0.2) is 26.6 Å². The number of fused-ring (bicyclic) bond motifs is 1. The first-order chi connectivity index (χ1) is 13.7. The molecule has 0 bridgehead atoms. The predicted molar refractivity (Wildman–Crippen MR) is 121 cm³/mol. The number of rotatable bonds is 7. The van der Waals surface area contributed by atoms with Crippen molar-refractivity contribution in [3.63, 3.8) is 0 Å². The molecule has 1 atom stereocenters. The Balaban J connectivity index is 1.93. The molecule has 1 N–H and O–H groups in total. The van der Waals surface area contributed by atoms with E-state index in [4.69, 9.17) is 0 Å². The van der Waals surface area contributed by atoms with Gasteiger partial charge in [0.05, 0.1) is 23.4 Å². The SMILES string of the molecule is CCC(C)NC(=O)c1cc2cc(N(Cc3ccc(C)cc3)S(C)(=O)=O)ccc2s1. The summed E-state index contributed by atoms with van der Waals surface area (Å²) in [6.07, 6.45) is 2.08. The van der Waals surface area contributed by atoms with Gasteiger partial charge < -0.3 is 5.32 Å². The number of anilines is 1. The van der Waals surface area contributed by atoms with Crippen molar-refractivity contribution in [3.05, 3.63) is 64.5 Å². The molecule has 2 aromatic carbocycles. The molecule has 1 aromatic heterocycles. The second-order valence-corrected chi connectivity index (χ2v) is 10.4. The van der Waals surface area contributed by atoms with E-state index in [-0.39, 0.29) is 18.5 Å². The first-order valence-electron chi connectivity index (χ1n) is 9.55. The first-order valence-corrected chi connectivity index (χ1v) is 12.2.